The molecule has 3 amide bonds. The third-order valence-corrected chi connectivity index (χ3v) is 5.58. The average molecular weight is 544 g/mol. The van der Waals surface area contributed by atoms with Crippen LogP contribution in [0.15, 0.2) is 12.4 Å². The number of carboxylic acid groups (broad SMARTS) is 1. The van der Waals surface area contributed by atoms with Crippen LogP contribution in [0.4, 0.5) is 0 Å². The van der Waals surface area contributed by atoms with Gasteiger partial charge in [-0.25, -0.2) is 0 Å². The topological polar surface area (TPSA) is 181 Å². The van der Waals surface area contributed by atoms with Crippen LogP contribution in [0.25, 0.3) is 0 Å². The predicted octanol–water partition coefficient (Wildman–Crippen LogP) is 1.35. The maximum atomic E-state index is 13.3. The zero-order chi connectivity index (χ0) is 29.1. The van der Waals surface area contributed by atoms with Crippen LogP contribution in [0.2, 0.25) is 0 Å². The Hall–Kier alpha value is -2.86. The fourth-order valence-corrected chi connectivity index (χ4v) is 3.74. The number of rotatable bonds is 22. The van der Waals surface area contributed by atoms with Crippen LogP contribution >= 0.6 is 0 Å². The molecule has 12 heteroatoms. The zero-order valence-corrected chi connectivity index (χ0v) is 23.6. The number of nitrogens with one attached hydrogen (secondary N) is 4. The first kappa shape index (κ1) is 35.1. The van der Waals surface area contributed by atoms with Gasteiger partial charge in [0, 0.05) is 38.6 Å². The van der Waals surface area contributed by atoms with E-state index >= 15 is 0 Å². The monoisotopic (exact) mass is 543 g/mol. The molecule has 0 aliphatic rings. The second kappa shape index (κ2) is 20.1. The van der Waals surface area contributed by atoms with Crippen molar-refractivity contribution in [1.82, 2.24) is 21.3 Å². The quantitative estimate of drug-likeness (QED) is 0.0867. The van der Waals surface area contributed by atoms with Gasteiger partial charge in [0.15, 0.2) is 6.29 Å². The first-order valence-electron chi connectivity index (χ1n) is 13.5. The van der Waals surface area contributed by atoms with Crippen molar-refractivity contribution in [3.8, 4) is 0 Å². The summed E-state index contributed by atoms with van der Waals surface area (Å²) in [5.74, 6) is -1.76. The Morgan fingerprint density at radius 3 is 2.00 bits per heavy atom. The molecule has 0 spiro atoms. The number of hydrogen-bond donors (Lipinski definition) is 6. The van der Waals surface area contributed by atoms with Crippen molar-refractivity contribution in [3.63, 3.8) is 0 Å². The molecule has 0 aliphatic carbocycles. The zero-order valence-electron chi connectivity index (χ0n) is 23.6. The van der Waals surface area contributed by atoms with E-state index in [2.05, 4.69) is 27.8 Å². The molecule has 7 N–H and O–H groups in total. The van der Waals surface area contributed by atoms with E-state index in [1.165, 1.54) is 0 Å². The number of carbonyl (C=O) groups excluding carboxylic acids is 3. The second-order valence-corrected chi connectivity index (χ2v) is 9.51. The Morgan fingerprint density at radius 1 is 0.947 bits per heavy atom. The van der Waals surface area contributed by atoms with E-state index in [1.807, 2.05) is 27.7 Å². The second-order valence-electron chi connectivity index (χ2n) is 9.51. The molecule has 3 atom stereocenters. The molecule has 0 aromatic heterocycles. The highest BCUT2D eigenvalue weighted by Gasteiger charge is 2.29. The van der Waals surface area contributed by atoms with Crippen molar-refractivity contribution in [2.75, 3.05) is 19.8 Å². The molecular formula is C26H49N5O7. The molecule has 0 aliphatic heterocycles. The summed E-state index contributed by atoms with van der Waals surface area (Å²) in [5.41, 5.74) is 5.56. The molecule has 0 saturated carbocycles. The van der Waals surface area contributed by atoms with Crippen LogP contribution in [-0.2, 0) is 28.7 Å². The largest absolute Gasteiger partial charge is 0.481 e. The summed E-state index contributed by atoms with van der Waals surface area (Å²) in [7, 11) is 0. The Balaban J connectivity index is 5.24. The van der Waals surface area contributed by atoms with Crippen LogP contribution in [-0.4, -0.2) is 73.0 Å². The number of carbonyl (C=O) groups is 4. The molecular weight excluding hydrogens is 494 g/mol. The lowest BCUT2D eigenvalue weighted by Crippen LogP contribution is -2.54. The first-order valence-corrected chi connectivity index (χ1v) is 13.5. The van der Waals surface area contributed by atoms with Gasteiger partial charge in [0.2, 0.25) is 17.7 Å². The van der Waals surface area contributed by atoms with Gasteiger partial charge < -0.3 is 41.6 Å². The minimum absolute atomic E-state index is 0.114. The minimum atomic E-state index is -1.01. The Morgan fingerprint density at radius 2 is 1.53 bits per heavy atom. The lowest BCUT2D eigenvalue weighted by Gasteiger charge is -2.30. The molecule has 0 saturated heterocycles. The third kappa shape index (κ3) is 16.8. The SMILES string of the molecule is C=C(N)NCCCC(NC(=O)C(CC(C)C)NC(=O)CCC(=O)NC(CC)CC(=O)O)C(OCC)OCC. The van der Waals surface area contributed by atoms with Crippen LogP contribution < -0.4 is 27.0 Å². The van der Waals surface area contributed by atoms with Crippen molar-refractivity contribution in [2.45, 2.75) is 104 Å². The van der Waals surface area contributed by atoms with E-state index in [9.17, 15) is 19.2 Å². The number of aliphatic carboxylic acids is 1. The smallest absolute Gasteiger partial charge is 0.305 e. The number of hydrogen-bond acceptors (Lipinski definition) is 8. The highest BCUT2D eigenvalue weighted by molar-refractivity contribution is 5.89. The Kier molecular flexibility index (Phi) is 18.6. The molecule has 12 nitrogen and oxygen atoms in total. The molecule has 0 radical (unpaired) electrons. The van der Waals surface area contributed by atoms with Crippen LogP contribution in [0.3, 0.4) is 0 Å². The van der Waals surface area contributed by atoms with Gasteiger partial charge in [-0.1, -0.05) is 27.4 Å². The van der Waals surface area contributed by atoms with Gasteiger partial charge >= 0.3 is 5.97 Å². The lowest BCUT2D eigenvalue weighted by molar-refractivity contribution is -0.160. The Labute approximate surface area is 226 Å². The van der Waals surface area contributed by atoms with E-state index in [1.54, 1.807) is 6.92 Å². The molecule has 220 valence electrons. The minimum Gasteiger partial charge on any atom is -0.481 e. The summed E-state index contributed by atoms with van der Waals surface area (Å²) in [6, 6.07) is -1.77. The molecule has 0 bridgehead atoms. The third-order valence-electron chi connectivity index (χ3n) is 5.58. The molecule has 0 aromatic rings. The van der Waals surface area contributed by atoms with E-state index in [0.29, 0.717) is 51.3 Å². The molecule has 0 heterocycles. The molecule has 0 fully saturated rings. The van der Waals surface area contributed by atoms with Crippen molar-refractivity contribution < 1.29 is 33.8 Å². The van der Waals surface area contributed by atoms with Crippen molar-refractivity contribution in [2.24, 2.45) is 11.7 Å². The fraction of sp³-hybridized carbons (Fsp3) is 0.769. The molecule has 0 rings (SSSR count). The molecule has 38 heavy (non-hydrogen) atoms. The summed E-state index contributed by atoms with van der Waals surface area (Å²) in [6.07, 6.45) is 0.967. The van der Waals surface area contributed by atoms with Crippen LogP contribution in [0.1, 0.15) is 79.6 Å². The first-order chi connectivity index (χ1) is 17.9. The van der Waals surface area contributed by atoms with Gasteiger partial charge in [0.05, 0.1) is 18.3 Å². The van der Waals surface area contributed by atoms with Crippen molar-refractivity contribution in [1.29, 1.82) is 0 Å². The number of ether oxygens (including phenoxy) is 2. The molecule has 3 unspecified atom stereocenters. The summed E-state index contributed by atoms with van der Waals surface area (Å²) < 4.78 is 11.5. The van der Waals surface area contributed by atoms with Crippen molar-refractivity contribution >= 4 is 23.7 Å². The van der Waals surface area contributed by atoms with E-state index in [0.717, 1.165) is 0 Å². The van der Waals surface area contributed by atoms with Gasteiger partial charge in [-0.3, -0.25) is 19.2 Å². The van der Waals surface area contributed by atoms with E-state index in [-0.39, 0.29) is 31.1 Å². The summed E-state index contributed by atoms with van der Waals surface area (Å²) >= 11 is 0. The van der Waals surface area contributed by atoms with Gasteiger partial charge in [-0.05, 0) is 45.4 Å². The van der Waals surface area contributed by atoms with Crippen LogP contribution in [0, 0.1) is 5.92 Å². The maximum Gasteiger partial charge on any atom is 0.305 e. The summed E-state index contributed by atoms with van der Waals surface area (Å²) in [6.45, 7) is 14.3. The predicted molar refractivity (Wildman–Crippen MR) is 145 cm³/mol. The highest BCUT2D eigenvalue weighted by atomic mass is 16.7. The lowest BCUT2D eigenvalue weighted by atomic mass is 10.0. The van der Waals surface area contributed by atoms with Gasteiger partial charge in [-0.2, -0.15) is 0 Å². The highest BCUT2D eigenvalue weighted by Crippen LogP contribution is 2.12. The number of amides is 3. The summed E-state index contributed by atoms with van der Waals surface area (Å²) in [4.78, 5) is 49.0. The maximum absolute atomic E-state index is 13.3. The van der Waals surface area contributed by atoms with E-state index in [4.69, 9.17) is 20.3 Å². The molecule has 0 aromatic carbocycles. The van der Waals surface area contributed by atoms with Crippen molar-refractivity contribution in [3.05, 3.63) is 12.4 Å². The average Bonchev–Trinajstić information content (AvgIpc) is 2.82. The van der Waals surface area contributed by atoms with Crippen LogP contribution in [0.5, 0.6) is 0 Å². The van der Waals surface area contributed by atoms with Gasteiger partial charge in [-0.15, -0.1) is 0 Å². The van der Waals surface area contributed by atoms with Gasteiger partial charge in [0.25, 0.3) is 0 Å². The van der Waals surface area contributed by atoms with Gasteiger partial charge in [0.1, 0.15) is 6.04 Å². The fourth-order valence-electron chi connectivity index (χ4n) is 3.74. The Bertz CT molecular complexity index is 741. The standard InChI is InChI=1S/C26H49N5O7/c1-7-19(16-24(34)35)29-22(32)12-13-23(33)30-21(15-17(4)5)25(36)31-20(11-10-14-28-18(6)27)26(37-8-2)38-9-3/h17,19-21,26,28H,6-16,27H2,1-5H3,(H,29,32)(H,30,33)(H,31,36)(H,34,35). The summed E-state index contributed by atoms with van der Waals surface area (Å²) in [5, 5.41) is 20.2. The number of carboxylic acids is 1. The normalized spacial score (nSPS) is 13.4. The number of nitrogens with two attached hydrogens (primary N) is 1. The van der Waals surface area contributed by atoms with E-state index < -0.39 is 42.2 Å².